The van der Waals surface area contributed by atoms with Crippen molar-refractivity contribution < 1.29 is 4.74 Å². The van der Waals surface area contributed by atoms with Gasteiger partial charge in [0.05, 0.1) is 13.2 Å². The van der Waals surface area contributed by atoms with Crippen LogP contribution >= 0.6 is 11.3 Å². The van der Waals surface area contributed by atoms with E-state index >= 15 is 0 Å². The topological polar surface area (TPSA) is 49.8 Å². The van der Waals surface area contributed by atoms with E-state index in [1.165, 1.54) is 10.4 Å². The van der Waals surface area contributed by atoms with Crippen molar-refractivity contribution in [3.8, 4) is 5.75 Å². The zero-order valence-electron chi connectivity index (χ0n) is 14.2. The van der Waals surface area contributed by atoms with Crippen LogP contribution in [0.15, 0.2) is 35.5 Å². The number of nitrogens with one attached hydrogen (secondary N) is 1. The molecule has 1 aromatic heterocycles. The molecule has 0 radical (unpaired) electrons. The monoisotopic (exact) mass is 332 g/mol. The number of aromatic nitrogens is 1. The van der Waals surface area contributed by atoms with E-state index in [9.17, 15) is 0 Å². The molecule has 5 nitrogen and oxygen atoms in total. The van der Waals surface area contributed by atoms with Gasteiger partial charge in [-0.25, -0.2) is 4.98 Å². The highest BCUT2D eigenvalue weighted by atomic mass is 32.1. The Morgan fingerprint density at radius 2 is 2.09 bits per heavy atom. The van der Waals surface area contributed by atoms with Crippen LogP contribution in [0.25, 0.3) is 0 Å². The molecule has 124 valence electrons. The number of nitrogens with zero attached hydrogens (tertiary/aromatic N) is 3. The molecule has 0 spiro atoms. The fourth-order valence-corrected chi connectivity index (χ4v) is 2.96. The lowest BCUT2D eigenvalue weighted by molar-refractivity contribution is 0.340. The van der Waals surface area contributed by atoms with Crippen molar-refractivity contribution in [3.63, 3.8) is 0 Å². The van der Waals surface area contributed by atoms with Crippen LogP contribution in [-0.2, 0) is 13.1 Å². The number of thiazole rings is 1. The van der Waals surface area contributed by atoms with Crippen molar-refractivity contribution in [2.45, 2.75) is 26.9 Å². The number of guanidine groups is 1. The Labute approximate surface area is 142 Å². The minimum atomic E-state index is 0.687. The second kappa shape index (κ2) is 8.53. The summed E-state index contributed by atoms with van der Waals surface area (Å²) in [7, 11) is 3.82. The first kappa shape index (κ1) is 17.3. The average molecular weight is 332 g/mol. The molecule has 23 heavy (non-hydrogen) atoms. The van der Waals surface area contributed by atoms with E-state index in [1.54, 1.807) is 18.4 Å². The van der Waals surface area contributed by atoms with Crippen molar-refractivity contribution in [2.75, 3.05) is 20.7 Å². The number of ether oxygens (including phenoxy) is 1. The smallest absolute Gasteiger partial charge is 0.194 e. The van der Waals surface area contributed by atoms with Gasteiger partial charge in [0.1, 0.15) is 10.8 Å². The number of rotatable bonds is 6. The SMILES string of the molecule is CCOc1ccc(CN(C)C(=NC)NCc2ncc(C)s2)cc1. The number of aryl methyl sites for hydroxylation is 1. The highest BCUT2D eigenvalue weighted by Gasteiger charge is 2.08. The molecule has 2 rings (SSSR count). The molecule has 1 aromatic carbocycles. The summed E-state index contributed by atoms with van der Waals surface area (Å²) in [6.45, 7) is 6.21. The maximum Gasteiger partial charge on any atom is 0.194 e. The van der Waals surface area contributed by atoms with Crippen LogP contribution < -0.4 is 10.1 Å². The summed E-state index contributed by atoms with van der Waals surface area (Å²) in [5.41, 5.74) is 1.21. The fourth-order valence-electron chi connectivity index (χ4n) is 2.23. The number of hydrogen-bond donors (Lipinski definition) is 1. The maximum atomic E-state index is 5.47. The molecule has 1 heterocycles. The van der Waals surface area contributed by atoms with Gasteiger partial charge in [0, 0.05) is 31.7 Å². The number of benzene rings is 1. The molecule has 0 fully saturated rings. The lowest BCUT2D eigenvalue weighted by atomic mass is 10.2. The molecular formula is C17H24N4OS. The van der Waals surface area contributed by atoms with E-state index in [4.69, 9.17) is 4.74 Å². The Morgan fingerprint density at radius 3 is 2.65 bits per heavy atom. The van der Waals surface area contributed by atoms with Gasteiger partial charge in [0.2, 0.25) is 0 Å². The maximum absolute atomic E-state index is 5.47. The summed E-state index contributed by atoms with van der Waals surface area (Å²) in [5.74, 6) is 1.76. The van der Waals surface area contributed by atoms with Crippen LogP contribution in [0.2, 0.25) is 0 Å². The van der Waals surface area contributed by atoms with E-state index in [1.807, 2.05) is 32.3 Å². The third-order valence-electron chi connectivity index (χ3n) is 3.29. The zero-order chi connectivity index (χ0) is 16.7. The minimum Gasteiger partial charge on any atom is -0.494 e. The first-order chi connectivity index (χ1) is 11.1. The van der Waals surface area contributed by atoms with E-state index in [-0.39, 0.29) is 0 Å². The first-order valence-electron chi connectivity index (χ1n) is 7.67. The van der Waals surface area contributed by atoms with Gasteiger partial charge < -0.3 is 15.0 Å². The van der Waals surface area contributed by atoms with Crippen LogP contribution in [0.3, 0.4) is 0 Å². The molecule has 0 saturated carbocycles. The molecule has 0 saturated heterocycles. The quantitative estimate of drug-likeness (QED) is 0.652. The van der Waals surface area contributed by atoms with Gasteiger partial charge in [0.25, 0.3) is 0 Å². The van der Waals surface area contributed by atoms with Crippen LogP contribution in [0.5, 0.6) is 5.75 Å². The lowest BCUT2D eigenvalue weighted by Crippen LogP contribution is -2.38. The average Bonchev–Trinajstić information content (AvgIpc) is 2.95. The lowest BCUT2D eigenvalue weighted by Gasteiger charge is -2.22. The molecule has 2 aromatic rings. The van der Waals surface area contributed by atoms with Crippen molar-refractivity contribution >= 4 is 17.3 Å². The molecule has 1 N–H and O–H groups in total. The second-order valence-electron chi connectivity index (χ2n) is 5.20. The van der Waals surface area contributed by atoms with Crippen LogP contribution in [0.4, 0.5) is 0 Å². The predicted octanol–water partition coefficient (Wildman–Crippen LogP) is 3.06. The van der Waals surface area contributed by atoms with Gasteiger partial charge in [-0.15, -0.1) is 11.3 Å². The van der Waals surface area contributed by atoms with E-state index in [0.29, 0.717) is 13.2 Å². The Morgan fingerprint density at radius 1 is 1.35 bits per heavy atom. The summed E-state index contributed by atoms with van der Waals surface area (Å²) in [6.07, 6.45) is 1.90. The summed E-state index contributed by atoms with van der Waals surface area (Å²) in [6, 6.07) is 8.17. The van der Waals surface area contributed by atoms with Gasteiger partial charge >= 0.3 is 0 Å². The van der Waals surface area contributed by atoms with Crippen LogP contribution in [0, 0.1) is 6.92 Å². The standard InChI is InChI=1S/C17H24N4OS/c1-5-22-15-8-6-14(7-9-15)12-21(4)17(18-3)20-11-16-19-10-13(2)23-16/h6-10H,5,11-12H2,1-4H3,(H,18,20). The third kappa shape index (κ3) is 5.25. The van der Waals surface area contributed by atoms with Crippen molar-refractivity contribution in [1.29, 1.82) is 0 Å². The third-order valence-corrected chi connectivity index (χ3v) is 4.21. The molecule has 0 amide bonds. The van der Waals surface area contributed by atoms with Crippen LogP contribution in [-0.4, -0.2) is 36.5 Å². The number of aliphatic imine (C=N–C) groups is 1. The van der Waals surface area contributed by atoms with Gasteiger partial charge in [-0.1, -0.05) is 12.1 Å². The predicted molar refractivity (Wildman–Crippen MR) is 96.1 cm³/mol. The number of hydrogen-bond acceptors (Lipinski definition) is 4. The van der Waals surface area contributed by atoms with Crippen molar-refractivity contribution in [2.24, 2.45) is 4.99 Å². The molecule has 6 heteroatoms. The highest BCUT2D eigenvalue weighted by molar-refractivity contribution is 7.11. The van der Waals surface area contributed by atoms with Gasteiger partial charge in [-0.3, -0.25) is 4.99 Å². The first-order valence-corrected chi connectivity index (χ1v) is 8.49. The van der Waals surface area contributed by atoms with Crippen LogP contribution in [0.1, 0.15) is 22.4 Å². The summed E-state index contributed by atoms with van der Waals surface area (Å²) in [4.78, 5) is 12.0. The Balaban J connectivity index is 1.90. The zero-order valence-corrected chi connectivity index (χ0v) is 15.0. The molecule has 0 aliphatic rings. The Bertz CT molecular complexity index is 636. The second-order valence-corrected chi connectivity index (χ2v) is 6.52. The van der Waals surface area contributed by atoms with E-state index in [2.05, 4.69) is 39.2 Å². The highest BCUT2D eigenvalue weighted by Crippen LogP contribution is 2.14. The summed E-state index contributed by atoms with van der Waals surface area (Å²) in [5, 5.41) is 4.42. The fraction of sp³-hybridized carbons (Fsp3) is 0.412. The molecular weight excluding hydrogens is 308 g/mol. The van der Waals surface area contributed by atoms with Gasteiger partial charge in [0.15, 0.2) is 5.96 Å². The van der Waals surface area contributed by atoms with E-state index in [0.717, 1.165) is 23.3 Å². The molecule has 0 aliphatic carbocycles. The molecule has 0 aliphatic heterocycles. The molecule has 0 bridgehead atoms. The largest absolute Gasteiger partial charge is 0.494 e. The Hall–Kier alpha value is -2.08. The van der Waals surface area contributed by atoms with E-state index < -0.39 is 0 Å². The van der Waals surface area contributed by atoms with Crippen molar-refractivity contribution in [1.82, 2.24) is 15.2 Å². The van der Waals surface area contributed by atoms with Gasteiger partial charge in [-0.05, 0) is 31.5 Å². The van der Waals surface area contributed by atoms with Crippen molar-refractivity contribution in [3.05, 3.63) is 45.9 Å². The summed E-state index contributed by atoms with van der Waals surface area (Å²) < 4.78 is 5.47. The minimum absolute atomic E-state index is 0.687. The normalized spacial score (nSPS) is 11.4. The Kier molecular flexibility index (Phi) is 6.40. The van der Waals surface area contributed by atoms with Gasteiger partial charge in [-0.2, -0.15) is 0 Å². The summed E-state index contributed by atoms with van der Waals surface area (Å²) >= 11 is 1.70. The molecule has 0 atom stereocenters. The molecule has 0 unspecified atom stereocenters.